The SMILES string of the molecule is Cc1cccc(Nc2nc(CC=O)cs2)n1. The lowest BCUT2D eigenvalue weighted by molar-refractivity contribution is -0.107. The standard InChI is InChI=1S/C11H11N3OS/c1-8-3-2-4-10(12-8)14-11-13-9(5-6-15)7-16-11/h2-4,6-7H,5H2,1H3,(H,12,13,14). The van der Waals surface area contributed by atoms with Crippen LogP contribution in [0.4, 0.5) is 10.9 Å². The first kappa shape index (κ1) is 10.8. The van der Waals surface area contributed by atoms with Crippen LogP contribution in [0.15, 0.2) is 23.6 Å². The maximum Gasteiger partial charge on any atom is 0.188 e. The molecule has 0 bridgehead atoms. The second-order valence-electron chi connectivity index (χ2n) is 3.30. The van der Waals surface area contributed by atoms with E-state index in [2.05, 4.69) is 15.3 Å². The largest absolute Gasteiger partial charge is 0.316 e. The zero-order valence-corrected chi connectivity index (χ0v) is 9.62. The van der Waals surface area contributed by atoms with E-state index in [4.69, 9.17) is 0 Å². The molecule has 0 aliphatic rings. The molecule has 0 aromatic carbocycles. The van der Waals surface area contributed by atoms with Crippen molar-refractivity contribution >= 4 is 28.6 Å². The Morgan fingerprint density at radius 2 is 2.31 bits per heavy atom. The van der Waals surface area contributed by atoms with Crippen LogP contribution in [0, 0.1) is 6.92 Å². The van der Waals surface area contributed by atoms with Gasteiger partial charge in [-0.05, 0) is 19.1 Å². The zero-order chi connectivity index (χ0) is 11.4. The van der Waals surface area contributed by atoms with Gasteiger partial charge in [0.2, 0.25) is 0 Å². The van der Waals surface area contributed by atoms with E-state index in [-0.39, 0.29) is 0 Å². The summed E-state index contributed by atoms with van der Waals surface area (Å²) in [7, 11) is 0. The molecule has 16 heavy (non-hydrogen) atoms. The van der Waals surface area contributed by atoms with Gasteiger partial charge < -0.3 is 10.1 Å². The molecule has 0 aliphatic carbocycles. The molecule has 0 aliphatic heterocycles. The molecule has 0 fully saturated rings. The zero-order valence-electron chi connectivity index (χ0n) is 8.80. The Labute approximate surface area is 97.4 Å². The summed E-state index contributed by atoms with van der Waals surface area (Å²) in [5.74, 6) is 0.770. The van der Waals surface area contributed by atoms with Gasteiger partial charge in [-0.1, -0.05) is 6.07 Å². The van der Waals surface area contributed by atoms with Crippen molar-refractivity contribution in [2.24, 2.45) is 0 Å². The number of aromatic nitrogens is 2. The normalized spacial score (nSPS) is 10.1. The van der Waals surface area contributed by atoms with E-state index in [9.17, 15) is 4.79 Å². The molecule has 1 N–H and O–H groups in total. The Hall–Kier alpha value is -1.75. The van der Waals surface area contributed by atoms with Crippen LogP contribution in [0.2, 0.25) is 0 Å². The lowest BCUT2D eigenvalue weighted by Gasteiger charge is -2.01. The monoisotopic (exact) mass is 233 g/mol. The lowest BCUT2D eigenvalue weighted by Crippen LogP contribution is -1.94. The summed E-state index contributed by atoms with van der Waals surface area (Å²) in [6, 6.07) is 5.75. The Morgan fingerprint density at radius 1 is 1.44 bits per heavy atom. The lowest BCUT2D eigenvalue weighted by atomic mass is 10.4. The number of nitrogens with one attached hydrogen (secondary N) is 1. The van der Waals surface area contributed by atoms with E-state index in [1.54, 1.807) is 0 Å². The smallest absolute Gasteiger partial charge is 0.188 e. The minimum absolute atomic E-state index is 0.361. The molecule has 4 nitrogen and oxygen atoms in total. The number of nitrogens with zero attached hydrogens (tertiary/aromatic N) is 2. The first-order valence-electron chi connectivity index (χ1n) is 4.86. The predicted octanol–water partition coefficient (Wildman–Crippen LogP) is 2.33. The minimum atomic E-state index is 0.361. The number of pyridine rings is 1. The fourth-order valence-corrected chi connectivity index (χ4v) is 2.00. The Balaban J connectivity index is 2.11. The van der Waals surface area contributed by atoms with Crippen molar-refractivity contribution in [3.05, 3.63) is 35.0 Å². The fourth-order valence-electron chi connectivity index (χ4n) is 1.27. The van der Waals surface area contributed by atoms with Gasteiger partial charge in [0.05, 0.1) is 5.69 Å². The highest BCUT2D eigenvalue weighted by Gasteiger charge is 2.02. The first-order chi connectivity index (χ1) is 7.78. The van der Waals surface area contributed by atoms with Crippen molar-refractivity contribution < 1.29 is 4.79 Å². The summed E-state index contributed by atoms with van der Waals surface area (Å²) in [6.07, 6.45) is 1.21. The molecule has 82 valence electrons. The summed E-state index contributed by atoms with van der Waals surface area (Å²) in [5.41, 5.74) is 1.74. The highest BCUT2D eigenvalue weighted by molar-refractivity contribution is 7.13. The maximum atomic E-state index is 10.3. The van der Waals surface area contributed by atoms with Gasteiger partial charge in [0.15, 0.2) is 5.13 Å². The number of hydrogen-bond donors (Lipinski definition) is 1. The molecule has 0 spiro atoms. The first-order valence-corrected chi connectivity index (χ1v) is 5.74. The minimum Gasteiger partial charge on any atom is -0.316 e. The summed E-state index contributed by atoms with van der Waals surface area (Å²) in [4.78, 5) is 18.9. The number of carbonyl (C=O) groups is 1. The topological polar surface area (TPSA) is 54.9 Å². The second-order valence-corrected chi connectivity index (χ2v) is 4.16. The van der Waals surface area contributed by atoms with E-state index in [0.717, 1.165) is 28.6 Å². The molecule has 0 amide bonds. The molecule has 0 saturated carbocycles. The molecule has 2 aromatic heterocycles. The molecule has 2 heterocycles. The van der Waals surface area contributed by atoms with Crippen LogP contribution >= 0.6 is 11.3 Å². The predicted molar refractivity (Wildman–Crippen MR) is 64.1 cm³/mol. The molecular weight excluding hydrogens is 222 g/mol. The summed E-state index contributed by atoms with van der Waals surface area (Å²) in [6.45, 7) is 1.94. The number of hydrogen-bond acceptors (Lipinski definition) is 5. The molecule has 0 unspecified atom stereocenters. The number of aryl methyl sites for hydroxylation is 1. The van der Waals surface area contributed by atoms with Gasteiger partial charge in [0, 0.05) is 17.5 Å². The van der Waals surface area contributed by atoms with Crippen LogP contribution in [0.3, 0.4) is 0 Å². The molecule has 0 saturated heterocycles. The quantitative estimate of drug-likeness (QED) is 0.823. The number of carbonyl (C=O) groups excluding carboxylic acids is 1. The van der Waals surface area contributed by atoms with Gasteiger partial charge in [0.1, 0.15) is 12.1 Å². The van der Waals surface area contributed by atoms with Crippen molar-refractivity contribution in [3.8, 4) is 0 Å². The number of rotatable bonds is 4. The van der Waals surface area contributed by atoms with Crippen molar-refractivity contribution in [3.63, 3.8) is 0 Å². The van der Waals surface area contributed by atoms with Crippen LogP contribution in [-0.2, 0) is 11.2 Å². The van der Waals surface area contributed by atoms with Crippen molar-refractivity contribution in [1.82, 2.24) is 9.97 Å². The summed E-state index contributed by atoms with van der Waals surface area (Å²) in [5, 5.41) is 5.73. The molecule has 0 atom stereocenters. The third kappa shape index (κ3) is 2.64. The highest BCUT2D eigenvalue weighted by Crippen LogP contribution is 2.19. The fraction of sp³-hybridized carbons (Fsp3) is 0.182. The summed E-state index contributed by atoms with van der Waals surface area (Å²) >= 11 is 1.47. The Bertz CT molecular complexity index is 495. The molecule has 2 aromatic rings. The van der Waals surface area contributed by atoms with E-state index in [1.165, 1.54) is 11.3 Å². The van der Waals surface area contributed by atoms with Gasteiger partial charge >= 0.3 is 0 Å². The van der Waals surface area contributed by atoms with Crippen LogP contribution in [0.5, 0.6) is 0 Å². The number of aldehydes is 1. The van der Waals surface area contributed by atoms with Gasteiger partial charge in [-0.25, -0.2) is 9.97 Å². The van der Waals surface area contributed by atoms with Gasteiger partial charge in [-0.2, -0.15) is 0 Å². The maximum absolute atomic E-state index is 10.3. The van der Waals surface area contributed by atoms with Crippen molar-refractivity contribution in [1.29, 1.82) is 0 Å². The second kappa shape index (κ2) is 4.85. The molecule has 0 radical (unpaired) electrons. The summed E-state index contributed by atoms with van der Waals surface area (Å²) < 4.78 is 0. The van der Waals surface area contributed by atoms with E-state index in [0.29, 0.717) is 6.42 Å². The number of thiazole rings is 1. The molecular formula is C11H11N3OS. The van der Waals surface area contributed by atoms with E-state index >= 15 is 0 Å². The Kier molecular flexibility index (Phi) is 3.26. The van der Waals surface area contributed by atoms with Crippen LogP contribution in [0.25, 0.3) is 0 Å². The Morgan fingerprint density at radius 3 is 3.06 bits per heavy atom. The van der Waals surface area contributed by atoms with Crippen molar-refractivity contribution in [2.45, 2.75) is 13.3 Å². The van der Waals surface area contributed by atoms with Gasteiger partial charge in [0.25, 0.3) is 0 Å². The average Bonchev–Trinajstić information content (AvgIpc) is 2.66. The van der Waals surface area contributed by atoms with Crippen LogP contribution in [-0.4, -0.2) is 16.3 Å². The van der Waals surface area contributed by atoms with E-state index in [1.807, 2.05) is 30.5 Å². The third-order valence-corrected chi connectivity index (χ3v) is 2.77. The van der Waals surface area contributed by atoms with Gasteiger partial charge in [-0.3, -0.25) is 0 Å². The molecule has 2 rings (SSSR count). The highest BCUT2D eigenvalue weighted by atomic mass is 32.1. The van der Waals surface area contributed by atoms with Crippen LogP contribution in [0.1, 0.15) is 11.4 Å². The average molecular weight is 233 g/mol. The van der Waals surface area contributed by atoms with E-state index < -0.39 is 0 Å². The number of anilines is 2. The van der Waals surface area contributed by atoms with Gasteiger partial charge in [-0.15, -0.1) is 11.3 Å². The molecule has 5 heteroatoms. The third-order valence-electron chi connectivity index (χ3n) is 1.97. The van der Waals surface area contributed by atoms with Crippen LogP contribution < -0.4 is 5.32 Å². The van der Waals surface area contributed by atoms with Crippen molar-refractivity contribution in [2.75, 3.05) is 5.32 Å².